The van der Waals surface area contributed by atoms with Crippen LogP contribution in [0.25, 0.3) is 0 Å². The fraction of sp³-hybridized carbons (Fsp3) is 1.00. The van der Waals surface area contributed by atoms with Gasteiger partial charge in [-0.3, -0.25) is 4.89 Å². The fourth-order valence-corrected chi connectivity index (χ4v) is 3.80. The largest absolute Gasteiger partial charge is 1.00 e. The molecule has 1 atom stereocenters. The Morgan fingerprint density at radius 3 is 1.61 bits per heavy atom. The summed E-state index contributed by atoms with van der Waals surface area (Å²) in [5.41, 5.74) is 0. The van der Waals surface area contributed by atoms with Crippen molar-refractivity contribution < 1.29 is 53.7 Å². The fourth-order valence-electron chi connectivity index (χ4n) is 3.19. The van der Waals surface area contributed by atoms with Crippen molar-refractivity contribution in [2.75, 3.05) is 26.5 Å². The Hall–Kier alpha value is 1.23. The molecule has 164 valence electrons. The van der Waals surface area contributed by atoms with Gasteiger partial charge in [0.2, 0.25) is 0 Å². The number of unbranched alkanes of at least 4 members (excludes halogenated alkanes) is 13. The molecule has 0 rings (SSSR count). The molecule has 0 unspecified atom stereocenters. The first kappa shape index (κ1) is 31.4. The Balaban J connectivity index is 0. The Bertz CT molecular complexity index is 303. The number of ether oxygens (including phenoxy) is 2. The molecule has 0 aromatic rings. The molecule has 5 nitrogen and oxygen atoms in total. The molecule has 7 heteroatoms. The minimum atomic E-state index is -4.19. The maximum Gasteiger partial charge on any atom is 1.00 e. The standard InChI is InChI=1S/C21H45O5P.Na/c1-3-4-5-6-7-8-9-10-11-12-13-14-15-16-18-26-20-21(25-2)17-19-27(22,23)24;/h21H,3-20H2,1-2H3,(H2,22,23,24);/q;+1/p-1/t21-;/m0./s1. The first-order chi connectivity index (χ1) is 13.0. The number of hydrogen-bond acceptors (Lipinski definition) is 5. The van der Waals surface area contributed by atoms with Crippen molar-refractivity contribution in [3.05, 3.63) is 0 Å². The van der Waals surface area contributed by atoms with Crippen LogP contribution < -0.4 is 39.3 Å². The Kier molecular flexibility index (Phi) is 25.7. The van der Waals surface area contributed by atoms with Gasteiger partial charge < -0.3 is 19.3 Å². The molecule has 0 saturated carbocycles. The maximum atomic E-state index is 10.8. The molecule has 28 heavy (non-hydrogen) atoms. The third kappa shape index (κ3) is 25.3. The van der Waals surface area contributed by atoms with Gasteiger partial charge in [-0.2, -0.15) is 0 Å². The summed E-state index contributed by atoms with van der Waals surface area (Å²) in [6.07, 6.45) is 18.4. The van der Waals surface area contributed by atoms with Crippen molar-refractivity contribution in [1.82, 2.24) is 0 Å². The predicted octanol–water partition coefficient (Wildman–Crippen LogP) is 1.37. The van der Waals surface area contributed by atoms with Crippen LogP contribution in [-0.2, 0) is 9.47 Å². The molecule has 0 fully saturated rings. The summed E-state index contributed by atoms with van der Waals surface area (Å²) >= 11 is 0. The summed E-state index contributed by atoms with van der Waals surface area (Å²) in [6.45, 7) is 3.34. The summed E-state index contributed by atoms with van der Waals surface area (Å²) in [4.78, 5) is 30.3. The van der Waals surface area contributed by atoms with E-state index in [9.17, 15) is 9.79 Å². The monoisotopic (exact) mass is 430 g/mol. The first-order valence-corrected chi connectivity index (χ1v) is 12.9. The average molecular weight is 431 g/mol. The van der Waals surface area contributed by atoms with Crippen LogP contribution in [0, 0.1) is 0 Å². The second-order valence-electron chi connectivity index (χ2n) is 7.68. The van der Waals surface area contributed by atoms with E-state index >= 15 is 0 Å². The van der Waals surface area contributed by atoms with Gasteiger partial charge in [0.05, 0.1) is 18.9 Å². The second-order valence-corrected chi connectivity index (χ2v) is 9.40. The molecule has 0 aliphatic rings. The molecule has 0 spiro atoms. The summed E-state index contributed by atoms with van der Waals surface area (Å²) in [5.74, 6) is 0. The van der Waals surface area contributed by atoms with E-state index in [-0.39, 0.29) is 48.2 Å². The van der Waals surface area contributed by atoms with Gasteiger partial charge in [-0.1, -0.05) is 90.4 Å². The zero-order chi connectivity index (χ0) is 20.2. The molecule has 1 N–H and O–H groups in total. The van der Waals surface area contributed by atoms with Gasteiger partial charge in [0, 0.05) is 28.1 Å². The van der Waals surface area contributed by atoms with Gasteiger partial charge in [0.25, 0.3) is 0 Å². The van der Waals surface area contributed by atoms with Crippen molar-refractivity contribution in [1.29, 1.82) is 0 Å². The van der Waals surface area contributed by atoms with Crippen LogP contribution in [0.3, 0.4) is 0 Å². The normalized spacial score (nSPS) is 12.8. The molecule has 0 aliphatic heterocycles. The summed E-state index contributed by atoms with van der Waals surface area (Å²) < 4.78 is 10.7. The van der Waals surface area contributed by atoms with Gasteiger partial charge in [0.1, 0.15) is 0 Å². The van der Waals surface area contributed by atoms with Gasteiger partial charge in [-0.25, -0.2) is 0 Å². The Labute approximate surface area is 196 Å². The second kappa shape index (κ2) is 22.9. The van der Waals surface area contributed by atoms with E-state index in [1.165, 1.54) is 90.6 Å². The third-order valence-electron chi connectivity index (χ3n) is 5.01. The molecule has 0 amide bonds. The maximum absolute atomic E-state index is 10.8. The molecular weight excluding hydrogens is 386 g/mol. The van der Waals surface area contributed by atoms with Crippen molar-refractivity contribution in [3.8, 4) is 0 Å². The molecule has 0 aliphatic carbocycles. The summed E-state index contributed by atoms with van der Waals surface area (Å²) in [5, 5.41) is 0. The minimum absolute atomic E-state index is 0. The number of hydrogen-bond donors (Lipinski definition) is 1. The molecule has 0 bridgehead atoms. The van der Waals surface area contributed by atoms with Gasteiger partial charge in [-0.05, 0) is 6.42 Å². The van der Waals surface area contributed by atoms with E-state index in [1.807, 2.05) is 0 Å². The third-order valence-corrected chi connectivity index (χ3v) is 5.84. The minimum Gasteiger partial charge on any atom is -0.660 e. The molecule has 0 saturated heterocycles. The van der Waals surface area contributed by atoms with Crippen LogP contribution in [0.4, 0.5) is 0 Å². The smallest absolute Gasteiger partial charge is 0.660 e. The Morgan fingerprint density at radius 1 is 0.786 bits per heavy atom. The van der Waals surface area contributed by atoms with Crippen molar-refractivity contribution in [2.45, 2.75) is 109 Å². The van der Waals surface area contributed by atoms with E-state index < -0.39 is 7.94 Å². The van der Waals surface area contributed by atoms with E-state index in [2.05, 4.69) is 6.92 Å². The molecule has 0 radical (unpaired) electrons. The number of methoxy groups -OCH3 is 1. The summed E-state index contributed by atoms with van der Waals surface area (Å²) in [6, 6.07) is 0. The summed E-state index contributed by atoms with van der Waals surface area (Å²) in [7, 11) is -2.66. The molecular formula is C21H44NaO5P. The zero-order valence-electron chi connectivity index (χ0n) is 18.8. The van der Waals surface area contributed by atoms with Gasteiger partial charge in [-0.15, -0.1) is 0 Å². The van der Waals surface area contributed by atoms with Crippen molar-refractivity contribution in [2.24, 2.45) is 0 Å². The van der Waals surface area contributed by atoms with Crippen LogP contribution in [0.2, 0.25) is 0 Å². The predicted molar refractivity (Wildman–Crippen MR) is 111 cm³/mol. The molecule has 0 aromatic heterocycles. The quantitative estimate of drug-likeness (QED) is 0.169. The van der Waals surface area contributed by atoms with Crippen LogP contribution in [0.1, 0.15) is 103 Å². The van der Waals surface area contributed by atoms with Crippen LogP contribution in [-0.4, -0.2) is 37.5 Å². The van der Waals surface area contributed by atoms with Crippen molar-refractivity contribution in [3.63, 3.8) is 0 Å². The van der Waals surface area contributed by atoms with Gasteiger partial charge in [0.15, 0.2) is 0 Å². The molecule has 0 aromatic carbocycles. The topological polar surface area (TPSA) is 84.8 Å². The Morgan fingerprint density at radius 2 is 1.21 bits per heavy atom. The van der Waals surface area contributed by atoms with Gasteiger partial charge >= 0.3 is 29.6 Å². The SMILES string of the molecule is CCCCCCCCCCCCCCCCOC[C@H](CC[P+]([O-])([O-])O)OC.[Na+]. The van der Waals surface area contributed by atoms with E-state index in [0.29, 0.717) is 13.2 Å². The average Bonchev–Trinajstić information content (AvgIpc) is 2.63. The van der Waals surface area contributed by atoms with E-state index in [1.54, 1.807) is 0 Å². The van der Waals surface area contributed by atoms with E-state index in [4.69, 9.17) is 14.4 Å². The van der Waals surface area contributed by atoms with Crippen LogP contribution in [0.5, 0.6) is 0 Å². The van der Waals surface area contributed by atoms with Crippen LogP contribution >= 0.6 is 7.94 Å². The van der Waals surface area contributed by atoms with Crippen molar-refractivity contribution >= 4 is 7.94 Å². The first-order valence-electron chi connectivity index (χ1n) is 11.1. The molecule has 0 heterocycles. The number of rotatable bonds is 21. The zero-order valence-corrected chi connectivity index (χ0v) is 21.7. The van der Waals surface area contributed by atoms with E-state index in [0.717, 1.165) is 6.42 Å². The van der Waals surface area contributed by atoms with Crippen LogP contribution in [0.15, 0.2) is 0 Å².